The fraction of sp³-hybridized carbons (Fsp3) is 0.571. The Hall–Kier alpha value is -1.60. The van der Waals surface area contributed by atoms with Crippen LogP contribution in [0.1, 0.15) is 23.4 Å². The summed E-state index contributed by atoms with van der Waals surface area (Å²) in [6.07, 6.45) is 1.08. The summed E-state index contributed by atoms with van der Waals surface area (Å²) >= 11 is 0. The molecule has 0 aliphatic carbocycles. The van der Waals surface area contributed by atoms with Crippen molar-refractivity contribution in [3.63, 3.8) is 0 Å². The molecule has 0 bridgehead atoms. The van der Waals surface area contributed by atoms with Gasteiger partial charge in [-0.3, -0.25) is 4.98 Å². The predicted molar refractivity (Wildman–Crippen MR) is 74.9 cm³/mol. The zero-order chi connectivity index (χ0) is 13.7. The van der Waals surface area contributed by atoms with Crippen molar-refractivity contribution in [3.05, 3.63) is 23.0 Å². The molecule has 0 radical (unpaired) electrons. The Labute approximate surface area is 110 Å². The number of nitrogens with zero attached hydrogens (tertiary/aromatic N) is 4. The van der Waals surface area contributed by atoms with Crippen LogP contribution >= 0.6 is 0 Å². The molecule has 1 heterocycles. The summed E-state index contributed by atoms with van der Waals surface area (Å²) in [5.74, 6) is 0. The van der Waals surface area contributed by atoms with Gasteiger partial charge in [0.1, 0.15) is 6.07 Å². The number of rotatable bonds is 5. The molecular formula is C14H22N4. The van der Waals surface area contributed by atoms with Gasteiger partial charge in [0.05, 0.1) is 16.9 Å². The normalized spacial score (nSPS) is 10.5. The van der Waals surface area contributed by atoms with Gasteiger partial charge >= 0.3 is 0 Å². The minimum Gasteiger partial charge on any atom is -0.373 e. The molecule has 0 aliphatic rings. The number of aromatic nitrogens is 1. The van der Waals surface area contributed by atoms with Crippen molar-refractivity contribution in [2.45, 2.75) is 20.3 Å². The second-order valence-corrected chi connectivity index (χ2v) is 4.93. The zero-order valence-corrected chi connectivity index (χ0v) is 12.0. The highest BCUT2D eigenvalue weighted by Crippen LogP contribution is 2.22. The van der Waals surface area contributed by atoms with E-state index in [0.29, 0.717) is 5.56 Å². The van der Waals surface area contributed by atoms with Gasteiger partial charge in [-0.15, -0.1) is 0 Å². The summed E-state index contributed by atoms with van der Waals surface area (Å²) in [6.45, 7) is 5.85. The van der Waals surface area contributed by atoms with Gasteiger partial charge in [0.15, 0.2) is 0 Å². The Morgan fingerprint density at radius 1 is 1.22 bits per heavy atom. The van der Waals surface area contributed by atoms with Crippen LogP contribution in [0, 0.1) is 25.2 Å². The van der Waals surface area contributed by atoms with Gasteiger partial charge in [0.2, 0.25) is 0 Å². The Morgan fingerprint density at radius 3 is 2.44 bits per heavy atom. The van der Waals surface area contributed by atoms with Crippen molar-refractivity contribution in [2.24, 2.45) is 0 Å². The van der Waals surface area contributed by atoms with Crippen LogP contribution in [0.15, 0.2) is 6.07 Å². The predicted octanol–water partition coefficient (Wildman–Crippen LogP) is 1.96. The van der Waals surface area contributed by atoms with E-state index < -0.39 is 0 Å². The quantitative estimate of drug-likeness (QED) is 0.796. The molecule has 1 aromatic heterocycles. The van der Waals surface area contributed by atoms with Crippen LogP contribution in [0.5, 0.6) is 0 Å². The molecule has 1 aromatic rings. The third kappa shape index (κ3) is 3.71. The lowest BCUT2D eigenvalue weighted by molar-refractivity contribution is 0.401. The molecule has 0 atom stereocenters. The molecule has 1 rings (SSSR count). The lowest BCUT2D eigenvalue weighted by atomic mass is 10.1. The third-order valence-electron chi connectivity index (χ3n) is 2.93. The molecule has 0 saturated carbocycles. The fourth-order valence-corrected chi connectivity index (χ4v) is 1.99. The molecule has 98 valence electrons. The number of nitriles is 1. The SMILES string of the molecule is Cc1cc(N(C)CCCN(C)C)c(C#N)c(C)n1. The van der Waals surface area contributed by atoms with E-state index in [1.165, 1.54) is 0 Å². The van der Waals surface area contributed by atoms with Crippen molar-refractivity contribution in [1.29, 1.82) is 5.26 Å². The second-order valence-electron chi connectivity index (χ2n) is 4.93. The lowest BCUT2D eigenvalue weighted by Crippen LogP contribution is -2.24. The highest BCUT2D eigenvalue weighted by Gasteiger charge is 2.11. The maximum atomic E-state index is 9.23. The first kappa shape index (κ1) is 14.5. The van der Waals surface area contributed by atoms with Crippen LogP contribution < -0.4 is 4.90 Å². The summed E-state index contributed by atoms with van der Waals surface area (Å²) in [4.78, 5) is 8.65. The van der Waals surface area contributed by atoms with Gasteiger partial charge in [0, 0.05) is 19.3 Å². The van der Waals surface area contributed by atoms with Crippen LogP contribution in [-0.2, 0) is 0 Å². The van der Waals surface area contributed by atoms with Crippen LogP contribution in [0.25, 0.3) is 0 Å². The second kappa shape index (κ2) is 6.36. The van der Waals surface area contributed by atoms with E-state index in [-0.39, 0.29) is 0 Å². The minimum absolute atomic E-state index is 0.688. The summed E-state index contributed by atoms with van der Waals surface area (Å²) in [6, 6.07) is 4.24. The number of pyridine rings is 1. The molecule has 0 amide bonds. The summed E-state index contributed by atoms with van der Waals surface area (Å²) < 4.78 is 0. The minimum atomic E-state index is 0.688. The van der Waals surface area contributed by atoms with E-state index in [0.717, 1.165) is 36.6 Å². The summed E-state index contributed by atoms with van der Waals surface area (Å²) in [5.41, 5.74) is 3.45. The summed E-state index contributed by atoms with van der Waals surface area (Å²) in [5, 5.41) is 9.23. The van der Waals surface area contributed by atoms with Crippen LogP contribution in [0.2, 0.25) is 0 Å². The Kier molecular flexibility index (Phi) is 5.11. The molecule has 0 spiro atoms. The highest BCUT2D eigenvalue weighted by atomic mass is 15.1. The average molecular weight is 246 g/mol. The van der Waals surface area contributed by atoms with Crippen LogP contribution in [0.3, 0.4) is 0 Å². The van der Waals surface area contributed by atoms with Crippen molar-refractivity contribution in [3.8, 4) is 6.07 Å². The molecule has 18 heavy (non-hydrogen) atoms. The topological polar surface area (TPSA) is 43.2 Å². The van der Waals surface area contributed by atoms with Gasteiger partial charge in [-0.2, -0.15) is 5.26 Å². The molecular weight excluding hydrogens is 224 g/mol. The molecule has 4 heteroatoms. The standard InChI is InChI=1S/C14H22N4/c1-11-9-14(13(10-15)12(2)16-11)18(5)8-6-7-17(3)4/h9H,6-8H2,1-5H3. The number of aryl methyl sites for hydroxylation is 2. The molecule has 0 fully saturated rings. The van der Waals surface area contributed by atoms with Crippen LogP contribution in [0.4, 0.5) is 5.69 Å². The van der Waals surface area contributed by atoms with E-state index in [4.69, 9.17) is 0 Å². The van der Waals surface area contributed by atoms with Gasteiger partial charge in [-0.05, 0) is 47.0 Å². The fourth-order valence-electron chi connectivity index (χ4n) is 1.99. The van der Waals surface area contributed by atoms with Crippen molar-refractivity contribution in [2.75, 3.05) is 39.1 Å². The van der Waals surface area contributed by atoms with Crippen molar-refractivity contribution in [1.82, 2.24) is 9.88 Å². The molecule has 0 unspecified atom stereocenters. The number of hydrogen-bond acceptors (Lipinski definition) is 4. The Balaban J connectivity index is 2.85. The Bertz CT molecular complexity index is 446. The lowest BCUT2D eigenvalue weighted by Gasteiger charge is -2.22. The van der Waals surface area contributed by atoms with E-state index >= 15 is 0 Å². The van der Waals surface area contributed by atoms with Gasteiger partial charge in [-0.25, -0.2) is 0 Å². The van der Waals surface area contributed by atoms with E-state index in [1.807, 2.05) is 27.0 Å². The highest BCUT2D eigenvalue weighted by molar-refractivity contribution is 5.61. The smallest absolute Gasteiger partial charge is 0.103 e. The van der Waals surface area contributed by atoms with Gasteiger partial charge in [-0.1, -0.05) is 0 Å². The van der Waals surface area contributed by atoms with Gasteiger partial charge in [0.25, 0.3) is 0 Å². The third-order valence-corrected chi connectivity index (χ3v) is 2.93. The molecule has 4 nitrogen and oxygen atoms in total. The first-order chi connectivity index (χ1) is 8.45. The largest absolute Gasteiger partial charge is 0.373 e. The average Bonchev–Trinajstić information content (AvgIpc) is 2.27. The molecule has 0 aliphatic heterocycles. The monoisotopic (exact) mass is 246 g/mol. The molecule has 0 N–H and O–H groups in total. The van der Waals surface area contributed by atoms with E-state index in [9.17, 15) is 5.26 Å². The first-order valence-electron chi connectivity index (χ1n) is 6.20. The van der Waals surface area contributed by atoms with Crippen molar-refractivity contribution >= 4 is 5.69 Å². The van der Waals surface area contributed by atoms with Crippen LogP contribution in [-0.4, -0.2) is 44.1 Å². The summed E-state index contributed by atoms with van der Waals surface area (Å²) in [7, 11) is 6.17. The Morgan fingerprint density at radius 2 is 1.89 bits per heavy atom. The zero-order valence-electron chi connectivity index (χ0n) is 12.0. The number of anilines is 1. The number of hydrogen-bond donors (Lipinski definition) is 0. The molecule has 0 saturated heterocycles. The first-order valence-corrected chi connectivity index (χ1v) is 6.20. The maximum Gasteiger partial charge on any atom is 0.103 e. The molecule has 0 aromatic carbocycles. The van der Waals surface area contributed by atoms with Crippen molar-refractivity contribution < 1.29 is 0 Å². The van der Waals surface area contributed by atoms with E-state index in [1.54, 1.807) is 0 Å². The van der Waals surface area contributed by atoms with E-state index in [2.05, 4.69) is 34.9 Å². The maximum absolute atomic E-state index is 9.23. The van der Waals surface area contributed by atoms with Gasteiger partial charge < -0.3 is 9.80 Å².